The fraction of sp³-hybridized carbons (Fsp3) is 0.238. The third kappa shape index (κ3) is 4.26. The molecule has 0 radical (unpaired) electrons. The van der Waals surface area contributed by atoms with Crippen LogP contribution in [0.1, 0.15) is 28.9 Å². The molecule has 1 atom stereocenters. The van der Waals surface area contributed by atoms with E-state index in [0.717, 1.165) is 5.56 Å². The number of fused-ring (bicyclic) bond motifs is 1. The van der Waals surface area contributed by atoms with Crippen LogP contribution in [0.25, 0.3) is 10.9 Å². The first-order chi connectivity index (χ1) is 14.9. The summed E-state index contributed by atoms with van der Waals surface area (Å²) in [4.78, 5) is 24.5. The molecule has 0 aliphatic rings. The SMILES string of the molecule is CC(COCc1ccccc1)n1c(S(C)(=O)=O)c(C(=O)O)c(=O)c2cc(F)c(F)c(F)c21. The number of carbonyl (C=O) groups is 1. The quantitative estimate of drug-likeness (QED) is 0.533. The van der Waals surface area contributed by atoms with Crippen LogP contribution < -0.4 is 5.43 Å². The van der Waals surface area contributed by atoms with Gasteiger partial charge in [0.25, 0.3) is 0 Å². The van der Waals surface area contributed by atoms with E-state index in [1.165, 1.54) is 6.92 Å². The average molecular weight is 469 g/mol. The highest BCUT2D eigenvalue weighted by Crippen LogP contribution is 2.29. The Morgan fingerprint density at radius 2 is 1.78 bits per heavy atom. The fourth-order valence-electron chi connectivity index (χ4n) is 3.42. The molecule has 0 bridgehead atoms. The predicted octanol–water partition coefficient (Wildman–Crippen LogP) is 3.30. The Morgan fingerprint density at radius 1 is 1.16 bits per heavy atom. The van der Waals surface area contributed by atoms with Crippen LogP contribution in [0.3, 0.4) is 0 Å². The van der Waals surface area contributed by atoms with Gasteiger partial charge >= 0.3 is 5.97 Å². The predicted molar refractivity (Wildman–Crippen MR) is 109 cm³/mol. The Hall–Kier alpha value is -3.18. The second kappa shape index (κ2) is 8.75. The van der Waals surface area contributed by atoms with E-state index in [1.54, 1.807) is 30.3 Å². The minimum Gasteiger partial charge on any atom is -0.477 e. The summed E-state index contributed by atoms with van der Waals surface area (Å²) in [7, 11) is -4.44. The summed E-state index contributed by atoms with van der Waals surface area (Å²) in [6, 6.07) is 8.13. The fourth-order valence-corrected chi connectivity index (χ4v) is 4.60. The van der Waals surface area contributed by atoms with Crippen molar-refractivity contribution in [2.75, 3.05) is 12.9 Å². The van der Waals surface area contributed by atoms with Gasteiger partial charge in [0, 0.05) is 6.26 Å². The summed E-state index contributed by atoms with van der Waals surface area (Å²) in [6.45, 7) is 1.21. The second-order valence-corrected chi connectivity index (χ2v) is 9.12. The Balaban J connectivity index is 2.28. The molecule has 0 aliphatic carbocycles. The zero-order valence-corrected chi connectivity index (χ0v) is 17.7. The van der Waals surface area contributed by atoms with E-state index in [4.69, 9.17) is 4.74 Å². The van der Waals surface area contributed by atoms with Crippen molar-refractivity contribution in [1.82, 2.24) is 4.57 Å². The molecule has 0 amide bonds. The van der Waals surface area contributed by atoms with Crippen LogP contribution in [0.5, 0.6) is 0 Å². The number of sulfone groups is 1. The van der Waals surface area contributed by atoms with Gasteiger partial charge in [-0.3, -0.25) is 4.79 Å². The van der Waals surface area contributed by atoms with Gasteiger partial charge in [0.1, 0.15) is 5.56 Å². The summed E-state index contributed by atoms with van der Waals surface area (Å²) < 4.78 is 73.8. The van der Waals surface area contributed by atoms with E-state index in [2.05, 4.69) is 0 Å². The number of nitrogens with zero attached hydrogens (tertiary/aromatic N) is 1. The van der Waals surface area contributed by atoms with Gasteiger partial charge in [-0.25, -0.2) is 26.4 Å². The largest absolute Gasteiger partial charge is 0.477 e. The van der Waals surface area contributed by atoms with Gasteiger partial charge in [-0.1, -0.05) is 30.3 Å². The molecular formula is C21H18F3NO6S. The van der Waals surface area contributed by atoms with Crippen LogP contribution >= 0.6 is 0 Å². The van der Waals surface area contributed by atoms with Crippen molar-refractivity contribution >= 4 is 26.7 Å². The lowest BCUT2D eigenvalue weighted by molar-refractivity contribution is 0.0685. The highest BCUT2D eigenvalue weighted by molar-refractivity contribution is 7.90. The van der Waals surface area contributed by atoms with Gasteiger partial charge in [-0.15, -0.1) is 0 Å². The van der Waals surface area contributed by atoms with Gasteiger partial charge in [-0.05, 0) is 18.6 Å². The number of aromatic nitrogens is 1. The Bertz CT molecular complexity index is 1370. The molecule has 7 nitrogen and oxygen atoms in total. The average Bonchev–Trinajstić information content (AvgIpc) is 2.72. The number of pyridine rings is 1. The first-order valence-electron chi connectivity index (χ1n) is 9.25. The lowest BCUT2D eigenvalue weighted by atomic mass is 10.1. The highest BCUT2D eigenvalue weighted by Gasteiger charge is 2.33. The van der Waals surface area contributed by atoms with E-state index in [-0.39, 0.29) is 13.2 Å². The Labute approximate surface area is 180 Å². The van der Waals surface area contributed by atoms with Gasteiger partial charge in [0.2, 0.25) is 5.43 Å². The number of hydrogen-bond acceptors (Lipinski definition) is 5. The highest BCUT2D eigenvalue weighted by atomic mass is 32.2. The number of halogens is 3. The molecule has 0 aliphatic heterocycles. The van der Waals surface area contributed by atoms with Crippen LogP contribution in [0.4, 0.5) is 13.2 Å². The third-order valence-electron chi connectivity index (χ3n) is 4.76. The van der Waals surface area contributed by atoms with Crippen LogP contribution in [0.15, 0.2) is 46.2 Å². The van der Waals surface area contributed by atoms with Crippen molar-refractivity contribution in [3.8, 4) is 0 Å². The number of hydrogen-bond donors (Lipinski definition) is 1. The summed E-state index contributed by atoms with van der Waals surface area (Å²) in [5, 5.41) is 7.69. The molecule has 2 aromatic carbocycles. The molecule has 0 fully saturated rings. The van der Waals surface area contributed by atoms with E-state index in [9.17, 15) is 36.3 Å². The molecule has 32 heavy (non-hydrogen) atoms. The number of ether oxygens (including phenoxy) is 1. The van der Waals surface area contributed by atoms with Crippen molar-refractivity contribution in [2.45, 2.75) is 24.6 Å². The van der Waals surface area contributed by atoms with E-state index < -0.39 is 66.2 Å². The molecule has 3 rings (SSSR count). The molecule has 0 saturated heterocycles. The lowest BCUT2D eigenvalue weighted by Gasteiger charge is -2.24. The number of aromatic carboxylic acids is 1. The van der Waals surface area contributed by atoms with E-state index in [0.29, 0.717) is 16.9 Å². The normalized spacial score (nSPS) is 12.8. The summed E-state index contributed by atoms with van der Waals surface area (Å²) >= 11 is 0. The smallest absolute Gasteiger partial charge is 0.342 e. The van der Waals surface area contributed by atoms with Crippen molar-refractivity contribution in [3.05, 3.63) is 75.2 Å². The topological polar surface area (TPSA) is 103 Å². The van der Waals surface area contributed by atoms with Crippen molar-refractivity contribution in [3.63, 3.8) is 0 Å². The summed E-state index contributed by atoms with van der Waals surface area (Å²) in [5.74, 6) is -7.36. The zero-order chi connectivity index (χ0) is 23.8. The van der Waals surface area contributed by atoms with Crippen LogP contribution in [0, 0.1) is 17.5 Å². The maximum atomic E-state index is 14.8. The maximum absolute atomic E-state index is 14.8. The Morgan fingerprint density at radius 3 is 2.34 bits per heavy atom. The van der Waals surface area contributed by atoms with Crippen molar-refractivity contribution in [1.29, 1.82) is 0 Å². The van der Waals surface area contributed by atoms with Gasteiger partial charge < -0.3 is 14.4 Å². The van der Waals surface area contributed by atoms with Crippen LogP contribution in [0.2, 0.25) is 0 Å². The number of carboxylic acids is 1. The minimum absolute atomic E-state index is 0.0920. The number of carboxylic acid groups (broad SMARTS) is 1. The summed E-state index contributed by atoms with van der Waals surface area (Å²) in [6.07, 6.45) is 0.631. The molecule has 0 spiro atoms. The number of rotatable bonds is 7. The van der Waals surface area contributed by atoms with Crippen LogP contribution in [-0.4, -0.2) is 36.9 Å². The lowest BCUT2D eigenvalue weighted by Crippen LogP contribution is -2.30. The van der Waals surface area contributed by atoms with Crippen LogP contribution in [-0.2, 0) is 21.2 Å². The molecule has 170 valence electrons. The zero-order valence-electron chi connectivity index (χ0n) is 16.9. The van der Waals surface area contributed by atoms with Gasteiger partial charge in [-0.2, -0.15) is 0 Å². The molecule has 3 aromatic rings. The first-order valence-corrected chi connectivity index (χ1v) is 11.1. The van der Waals surface area contributed by atoms with Crippen molar-refractivity contribution in [2.24, 2.45) is 0 Å². The summed E-state index contributed by atoms with van der Waals surface area (Å²) in [5.41, 5.74) is -2.73. The monoisotopic (exact) mass is 469 g/mol. The Kier molecular flexibility index (Phi) is 6.42. The second-order valence-electron chi connectivity index (χ2n) is 7.19. The molecule has 1 heterocycles. The number of benzene rings is 2. The standard InChI is InChI=1S/C21H18F3NO6S/c1-11(9-31-10-12-6-4-3-5-7-12)25-18-13(8-14(22)16(23)17(18)24)19(26)15(21(27)28)20(25)32(2,29)30/h3-8,11H,9-10H2,1-2H3,(H,27,28). The van der Waals surface area contributed by atoms with Gasteiger partial charge in [0.15, 0.2) is 32.3 Å². The molecule has 1 N–H and O–H groups in total. The minimum atomic E-state index is -4.44. The molecule has 1 aromatic heterocycles. The molecular weight excluding hydrogens is 451 g/mol. The van der Waals surface area contributed by atoms with Crippen molar-refractivity contribution < 1.29 is 36.2 Å². The maximum Gasteiger partial charge on any atom is 0.342 e. The molecule has 1 unspecified atom stereocenters. The molecule has 0 saturated carbocycles. The van der Waals surface area contributed by atoms with E-state index in [1.807, 2.05) is 0 Å². The van der Waals surface area contributed by atoms with E-state index >= 15 is 0 Å². The van der Waals surface area contributed by atoms with Gasteiger partial charge in [0.05, 0.1) is 30.2 Å². The first kappa shape index (κ1) is 23.5. The third-order valence-corrected chi connectivity index (χ3v) is 5.86. The molecule has 11 heteroatoms.